The van der Waals surface area contributed by atoms with Crippen LogP contribution in [0.15, 0.2) is 39.4 Å². The first kappa shape index (κ1) is 21.9. The second-order valence-electron chi connectivity index (χ2n) is 6.60. The fraction of sp³-hybridized carbons (Fsp3) is 0.353. The Hall–Kier alpha value is -0.119. The number of aryl methyl sites for hydroxylation is 2. The van der Waals surface area contributed by atoms with Crippen molar-refractivity contribution in [2.75, 3.05) is 0 Å². The molecule has 1 nitrogen and oxygen atoms in total. The van der Waals surface area contributed by atoms with E-state index in [1.54, 1.807) is 5.20 Å². The molecule has 1 aromatic carbocycles. The fourth-order valence-corrected chi connectivity index (χ4v) is 8.58. The molecule has 0 atom stereocenters. The Balaban J connectivity index is 0.00000220. The van der Waals surface area contributed by atoms with E-state index >= 15 is 0 Å². The maximum atomic E-state index is 6.27. The van der Waals surface area contributed by atoms with E-state index in [2.05, 4.69) is 68.7 Å². The third-order valence-electron chi connectivity index (χ3n) is 3.51. The molecule has 0 aliphatic heterocycles. The molecule has 0 saturated carbocycles. The summed E-state index contributed by atoms with van der Waals surface area (Å²) in [5.74, 6) is 1.00. The van der Waals surface area contributed by atoms with Crippen LogP contribution < -0.4 is 3.32 Å². The third-order valence-corrected chi connectivity index (χ3v) is 8.53. The zero-order valence-electron chi connectivity index (χ0n) is 14.0. The van der Waals surface area contributed by atoms with E-state index in [1.165, 1.54) is 15.0 Å². The van der Waals surface area contributed by atoms with Crippen molar-refractivity contribution in [1.82, 2.24) is 0 Å². The molecule has 0 radical (unpaired) electrons. The molecule has 0 amide bonds. The number of rotatable bonds is 4. The predicted octanol–water partition coefficient (Wildman–Crippen LogP) is 5.58. The van der Waals surface area contributed by atoms with Crippen molar-refractivity contribution in [1.29, 1.82) is 0 Å². The summed E-state index contributed by atoms with van der Waals surface area (Å²) in [5.41, 5.74) is 2.52. The quantitative estimate of drug-likeness (QED) is 0.607. The molecule has 0 aromatic heterocycles. The summed E-state index contributed by atoms with van der Waals surface area (Å²) < 4.78 is 7.80. The standard InChI is InChI=1S/C8H10O.C8H13Si.CH2.2ClH.Ti/c1-6-3-7(2)5-8(9)4-6;1-9(2,3)8-6-4-5-7-8;;;;/h3-5,9H,1-2H3;4,6H,5H2,1-3H3;1H2;2*1H;/q;;;;;+1/p-1. The Morgan fingerprint density at radius 1 is 1.05 bits per heavy atom. The van der Waals surface area contributed by atoms with Crippen molar-refractivity contribution in [2.24, 2.45) is 0 Å². The number of hydrogen-bond donors (Lipinski definition) is 0. The molecule has 22 heavy (non-hydrogen) atoms. The summed E-state index contributed by atoms with van der Waals surface area (Å²) in [7, 11) is -1.27. The van der Waals surface area contributed by atoms with E-state index < -0.39 is 25.9 Å². The van der Waals surface area contributed by atoms with Gasteiger partial charge in [-0.25, -0.2) is 0 Å². The Kier molecular flexibility index (Phi) is 8.61. The van der Waals surface area contributed by atoms with Crippen LogP contribution in [0.25, 0.3) is 0 Å². The topological polar surface area (TPSA) is 9.23 Å². The van der Waals surface area contributed by atoms with E-state index in [9.17, 15) is 0 Å². The van der Waals surface area contributed by atoms with Gasteiger partial charge in [0.05, 0.1) is 0 Å². The van der Waals surface area contributed by atoms with Crippen molar-refractivity contribution >= 4 is 37.7 Å². The van der Waals surface area contributed by atoms with E-state index in [1.807, 2.05) is 0 Å². The van der Waals surface area contributed by atoms with E-state index in [0.29, 0.717) is 0 Å². The Labute approximate surface area is 154 Å². The van der Waals surface area contributed by atoms with Gasteiger partial charge in [-0.05, 0) is 0 Å². The van der Waals surface area contributed by atoms with Crippen LogP contribution in [0, 0.1) is 13.8 Å². The summed E-state index contributed by atoms with van der Waals surface area (Å²) in [6.45, 7) is 11.4. The first-order valence-corrected chi connectivity index (χ1v) is 13.2. The van der Waals surface area contributed by atoms with E-state index in [0.717, 1.165) is 12.2 Å². The van der Waals surface area contributed by atoms with Crippen LogP contribution in [-0.2, 0) is 17.8 Å². The van der Waals surface area contributed by atoms with Gasteiger partial charge in [0.25, 0.3) is 0 Å². The summed E-state index contributed by atoms with van der Waals surface area (Å²) in [4.78, 5) is 4.41. The van der Waals surface area contributed by atoms with Crippen LogP contribution in [0.4, 0.5) is 0 Å². The van der Waals surface area contributed by atoms with Gasteiger partial charge in [0.1, 0.15) is 0 Å². The van der Waals surface area contributed by atoms with Gasteiger partial charge in [0.2, 0.25) is 0 Å². The molecule has 0 fully saturated rings. The minimum atomic E-state index is -1.88. The van der Waals surface area contributed by atoms with Crippen LogP contribution in [0.1, 0.15) is 17.5 Å². The molecule has 1 aromatic rings. The first-order valence-electron chi connectivity index (χ1n) is 7.13. The van der Waals surface area contributed by atoms with Crippen molar-refractivity contribution in [2.45, 2.75) is 39.9 Å². The zero-order chi connectivity index (χ0) is 14.9. The Morgan fingerprint density at radius 3 is 2.09 bits per heavy atom. The number of benzene rings is 1. The van der Waals surface area contributed by atoms with E-state index in [-0.39, 0.29) is 24.8 Å². The number of hydrogen-bond acceptors (Lipinski definition) is 1. The van der Waals surface area contributed by atoms with E-state index in [4.69, 9.17) is 3.32 Å². The second kappa shape index (κ2) is 8.65. The zero-order valence-corrected chi connectivity index (χ0v) is 18.2. The maximum absolute atomic E-state index is 6.27. The van der Waals surface area contributed by atoms with Gasteiger partial charge in [-0.15, -0.1) is 24.8 Å². The molecular weight excluding hydrogens is 367 g/mol. The van der Waals surface area contributed by atoms with Crippen LogP contribution >= 0.6 is 24.8 Å². The van der Waals surface area contributed by atoms with Gasteiger partial charge in [-0.3, -0.25) is 0 Å². The normalized spacial score (nSPS) is 13.5. The molecule has 122 valence electrons. The fourth-order valence-electron chi connectivity index (χ4n) is 2.67. The van der Waals surface area contributed by atoms with Gasteiger partial charge >= 0.3 is 130 Å². The Morgan fingerprint density at radius 2 is 1.59 bits per heavy atom. The molecule has 0 bridgehead atoms. The van der Waals surface area contributed by atoms with Crippen molar-refractivity contribution in [3.63, 3.8) is 0 Å². The van der Waals surface area contributed by atoms with Crippen LogP contribution in [-0.4, -0.2) is 12.9 Å². The van der Waals surface area contributed by atoms with Crippen LogP contribution in [0.3, 0.4) is 0 Å². The molecule has 2 rings (SSSR count). The van der Waals surface area contributed by atoms with Gasteiger partial charge in [-0.2, -0.15) is 0 Å². The molecule has 0 unspecified atom stereocenters. The minimum absolute atomic E-state index is 0. The SMILES string of the molecule is Cl.Cl.[CH2]=[Ti]([O]c1cc(C)cc(C)c1)[C]1=C([Si](C)(C)C)C=CC1. The summed E-state index contributed by atoms with van der Waals surface area (Å²) in [5, 5.41) is 1.58. The third kappa shape index (κ3) is 5.51. The summed E-state index contributed by atoms with van der Waals surface area (Å²) in [6.07, 6.45) is 5.67. The van der Waals surface area contributed by atoms with Crippen LogP contribution in [0.5, 0.6) is 5.75 Å². The number of halogens is 2. The molecule has 1 aliphatic carbocycles. The molecule has 0 heterocycles. The summed E-state index contributed by atoms with van der Waals surface area (Å²) in [6, 6.07) is 6.43. The molecule has 1 aliphatic rings. The van der Waals surface area contributed by atoms with Gasteiger partial charge < -0.3 is 0 Å². The van der Waals surface area contributed by atoms with Gasteiger partial charge in [0.15, 0.2) is 0 Å². The van der Waals surface area contributed by atoms with Crippen molar-refractivity contribution < 1.29 is 21.1 Å². The first-order chi connectivity index (χ1) is 9.27. The molecule has 5 heteroatoms. The average molecular weight is 393 g/mol. The second-order valence-corrected chi connectivity index (χ2v) is 14.2. The average Bonchev–Trinajstić information content (AvgIpc) is 2.75. The van der Waals surface area contributed by atoms with Crippen LogP contribution in [0.2, 0.25) is 19.6 Å². The van der Waals surface area contributed by atoms with Crippen molar-refractivity contribution in [3.05, 3.63) is 50.6 Å². The van der Waals surface area contributed by atoms with Crippen molar-refractivity contribution in [3.8, 4) is 5.75 Å². The monoisotopic (exact) mass is 392 g/mol. The molecular formula is C17H26Cl2OSiTi. The predicted molar refractivity (Wildman–Crippen MR) is 102 cm³/mol. The molecule has 0 saturated heterocycles. The van der Waals surface area contributed by atoms with Gasteiger partial charge in [-0.1, -0.05) is 0 Å². The summed E-state index contributed by atoms with van der Waals surface area (Å²) >= 11 is -1.88. The Bertz CT molecular complexity index is 595. The molecule has 0 N–H and O–H groups in total. The van der Waals surface area contributed by atoms with Gasteiger partial charge in [0, 0.05) is 0 Å². The molecule has 0 spiro atoms. The number of allylic oxidation sites excluding steroid dienone is 4.